The molecule has 2 heterocycles. The molecular weight excluding hydrogens is 310 g/mol. The summed E-state index contributed by atoms with van der Waals surface area (Å²) in [4.78, 5) is 13.3. The Morgan fingerprint density at radius 1 is 1.52 bits per heavy atom. The molecule has 0 fully saturated rings. The van der Waals surface area contributed by atoms with Crippen molar-refractivity contribution < 1.29 is 9.53 Å². The van der Waals surface area contributed by atoms with Crippen molar-refractivity contribution in [3.63, 3.8) is 0 Å². The fourth-order valence-electron chi connectivity index (χ4n) is 2.18. The van der Waals surface area contributed by atoms with Crippen molar-refractivity contribution in [2.45, 2.75) is 20.0 Å². The number of amides is 1. The average Bonchev–Trinajstić information content (AvgIpc) is 2.95. The number of nitrogens with one attached hydrogen (secondary N) is 1. The summed E-state index contributed by atoms with van der Waals surface area (Å²) < 4.78 is 7.83. The number of rotatable bonds is 5. The first-order chi connectivity index (χ1) is 9.93. The highest BCUT2D eigenvalue weighted by Gasteiger charge is 2.19. The van der Waals surface area contributed by atoms with Gasteiger partial charge >= 0.3 is 0 Å². The Bertz CT molecular complexity index is 651. The van der Waals surface area contributed by atoms with E-state index in [1.165, 1.54) is 11.3 Å². The molecule has 2 aromatic rings. The molecule has 0 aromatic carbocycles. The van der Waals surface area contributed by atoms with E-state index in [1.54, 1.807) is 11.8 Å². The Balaban J connectivity index is 2.06. The van der Waals surface area contributed by atoms with Crippen molar-refractivity contribution >= 4 is 28.8 Å². The summed E-state index contributed by atoms with van der Waals surface area (Å²) in [7, 11) is 3.44. The molecule has 1 unspecified atom stereocenters. The minimum Gasteiger partial charge on any atom is -0.374 e. The zero-order valence-electron chi connectivity index (χ0n) is 12.4. The van der Waals surface area contributed by atoms with Gasteiger partial charge in [0.15, 0.2) is 0 Å². The van der Waals surface area contributed by atoms with E-state index in [4.69, 9.17) is 16.3 Å². The zero-order valence-corrected chi connectivity index (χ0v) is 14.0. The molecule has 2 aromatic heterocycles. The van der Waals surface area contributed by atoms with Gasteiger partial charge in [0.2, 0.25) is 0 Å². The lowest BCUT2D eigenvalue weighted by Crippen LogP contribution is -2.29. The van der Waals surface area contributed by atoms with E-state index in [-0.39, 0.29) is 12.0 Å². The third-order valence-electron chi connectivity index (χ3n) is 3.38. The van der Waals surface area contributed by atoms with Gasteiger partial charge in [0.1, 0.15) is 6.10 Å². The number of aromatic nitrogens is 2. The van der Waals surface area contributed by atoms with Crippen molar-refractivity contribution in [3.8, 4) is 0 Å². The number of hydrogen-bond acceptors (Lipinski definition) is 4. The van der Waals surface area contributed by atoms with Gasteiger partial charge in [0.25, 0.3) is 5.91 Å². The molecule has 0 aliphatic heterocycles. The first-order valence-corrected chi connectivity index (χ1v) is 7.70. The van der Waals surface area contributed by atoms with Crippen LogP contribution >= 0.6 is 22.9 Å². The van der Waals surface area contributed by atoms with Crippen molar-refractivity contribution in [2.24, 2.45) is 7.05 Å². The molecule has 0 radical (unpaired) electrons. The highest BCUT2D eigenvalue weighted by molar-refractivity contribution is 7.16. The van der Waals surface area contributed by atoms with Gasteiger partial charge in [-0.3, -0.25) is 9.48 Å². The standard InChI is InChI=1S/C14H18ClN3O2S/c1-8-13(9(2)18(3)17-8)14(19)16-7-10(20-4)11-5-6-12(15)21-11/h5-6,10H,7H2,1-4H3,(H,16,19). The number of nitrogens with zero attached hydrogens (tertiary/aromatic N) is 2. The minimum absolute atomic E-state index is 0.136. The summed E-state index contributed by atoms with van der Waals surface area (Å²) in [5.41, 5.74) is 2.19. The third-order valence-corrected chi connectivity index (χ3v) is 4.70. The van der Waals surface area contributed by atoms with Gasteiger partial charge in [-0.25, -0.2) is 0 Å². The molecule has 5 nitrogen and oxygen atoms in total. The first-order valence-electron chi connectivity index (χ1n) is 6.50. The van der Waals surface area contributed by atoms with Crippen molar-refractivity contribution in [2.75, 3.05) is 13.7 Å². The van der Waals surface area contributed by atoms with Crippen LogP contribution in [0.3, 0.4) is 0 Å². The molecule has 0 spiro atoms. The summed E-state index contributed by atoms with van der Waals surface area (Å²) in [6, 6.07) is 3.73. The van der Waals surface area contributed by atoms with Gasteiger partial charge in [-0.1, -0.05) is 11.6 Å². The van der Waals surface area contributed by atoms with E-state index in [9.17, 15) is 4.79 Å². The number of hydrogen-bond donors (Lipinski definition) is 1. The Kier molecular flexibility index (Phi) is 5.03. The molecular formula is C14H18ClN3O2S. The molecule has 2 rings (SSSR count). The lowest BCUT2D eigenvalue weighted by molar-refractivity contribution is 0.0836. The van der Waals surface area contributed by atoms with Crippen LogP contribution in [0.1, 0.15) is 32.7 Å². The molecule has 0 bridgehead atoms. The second-order valence-corrected chi connectivity index (χ2v) is 6.49. The van der Waals surface area contributed by atoms with E-state index >= 15 is 0 Å². The van der Waals surface area contributed by atoms with Gasteiger partial charge in [-0.15, -0.1) is 11.3 Å². The number of aryl methyl sites for hydroxylation is 2. The second kappa shape index (κ2) is 6.60. The molecule has 1 amide bonds. The maximum Gasteiger partial charge on any atom is 0.255 e. The Morgan fingerprint density at radius 2 is 2.24 bits per heavy atom. The molecule has 7 heteroatoms. The van der Waals surface area contributed by atoms with Crippen LogP contribution < -0.4 is 5.32 Å². The quantitative estimate of drug-likeness (QED) is 0.918. The maximum absolute atomic E-state index is 12.3. The number of halogens is 1. The summed E-state index contributed by atoms with van der Waals surface area (Å²) >= 11 is 7.38. The zero-order chi connectivity index (χ0) is 15.6. The summed E-state index contributed by atoms with van der Waals surface area (Å²) in [6.07, 6.45) is -0.205. The van der Waals surface area contributed by atoms with Crippen LogP contribution in [0, 0.1) is 13.8 Å². The maximum atomic E-state index is 12.3. The van der Waals surface area contributed by atoms with Crippen LogP contribution in [0.15, 0.2) is 12.1 Å². The van der Waals surface area contributed by atoms with Crippen molar-refractivity contribution in [1.82, 2.24) is 15.1 Å². The molecule has 21 heavy (non-hydrogen) atoms. The highest BCUT2D eigenvalue weighted by atomic mass is 35.5. The fourth-order valence-corrected chi connectivity index (χ4v) is 3.32. The van der Waals surface area contributed by atoms with Crippen LogP contribution in [0.5, 0.6) is 0 Å². The third kappa shape index (κ3) is 3.45. The summed E-state index contributed by atoms with van der Waals surface area (Å²) in [6.45, 7) is 4.09. The largest absolute Gasteiger partial charge is 0.374 e. The molecule has 114 valence electrons. The normalized spacial score (nSPS) is 12.4. The lowest BCUT2D eigenvalue weighted by Gasteiger charge is -2.14. The van der Waals surface area contributed by atoms with Crippen LogP contribution in [-0.4, -0.2) is 29.3 Å². The smallest absolute Gasteiger partial charge is 0.255 e. The lowest BCUT2D eigenvalue weighted by atomic mass is 10.2. The minimum atomic E-state index is -0.205. The molecule has 1 N–H and O–H groups in total. The second-order valence-electron chi connectivity index (χ2n) is 4.75. The van der Waals surface area contributed by atoms with Gasteiger partial charge in [0, 0.05) is 31.3 Å². The fraction of sp³-hybridized carbons (Fsp3) is 0.429. The summed E-state index contributed by atoms with van der Waals surface area (Å²) in [5.74, 6) is -0.136. The van der Waals surface area contributed by atoms with E-state index in [0.29, 0.717) is 16.4 Å². The van der Waals surface area contributed by atoms with Crippen LogP contribution in [0.4, 0.5) is 0 Å². The number of carbonyl (C=O) groups excluding carboxylic acids is 1. The monoisotopic (exact) mass is 327 g/mol. The SMILES string of the molecule is COC(CNC(=O)c1c(C)nn(C)c1C)c1ccc(Cl)s1. The topological polar surface area (TPSA) is 56.1 Å². The van der Waals surface area contributed by atoms with Gasteiger partial charge in [0.05, 0.1) is 15.6 Å². The van der Waals surface area contributed by atoms with Crippen LogP contribution in [0.2, 0.25) is 4.34 Å². The van der Waals surface area contributed by atoms with E-state index in [2.05, 4.69) is 10.4 Å². The van der Waals surface area contributed by atoms with Gasteiger partial charge in [-0.2, -0.15) is 5.10 Å². The number of carbonyl (C=O) groups is 1. The number of methoxy groups -OCH3 is 1. The van der Waals surface area contributed by atoms with Crippen LogP contribution in [0.25, 0.3) is 0 Å². The highest BCUT2D eigenvalue weighted by Crippen LogP contribution is 2.28. The Morgan fingerprint density at radius 3 is 2.71 bits per heavy atom. The molecule has 0 saturated heterocycles. The number of thiophene rings is 1. The van der Waals surface area contributed by atoms with Crippen molar-refractivity contribution in [3.05, 3.63) is 38.3 Å². The van der Waals surface area contributed by atoms with E-state index in [1.807, 2.05) is 33.0 Å². The van der Waals surface area contributed by atoms with Crippen LogP contribution in [-0.2, 0) is 11.8 Å². The van der Waals surface area contributed by atoms with E-state index in [0.717, 1.165) is 16.3 Å². The molecule has 0 saturated carbocycles. The molecule has 0 aliphatic carbocycles. The molecule has 1 atom stereocenters. The Labute approximate surface area is 132 Å². The average molecular weight is 328 g/mol. The van der Waals surface area contributed by atoms with E-state index < -0.39 is 0 Å². The predicted molar refractivity (Wildman–Crippen MR) is 84.1 cm³/mol. The van der Waals surface area contributed by atoms with Gasteiger partial charge in [-0.05, 0) is 26.0 Å². The predicted octanol–water partition coefficient (Wildman–Crippen LogP) is 2.87. The van der Waals surface area contributed by atoms with Crippen molar-refractivity contribution in [1.29, 1.82) is 0 Å². The first kappa shape index (κ1) is 16.0. The summed E-state index contributed by atoms with van der Waals surface area (Å²) in [5, 5.41) is 7.15. The molecule has 0 aliphatic rings. The Hall–Kier alpha value is -1.37. The number of ether oxygens (including phenoxy) is 1. The van der Waals surface area contributed by atoms with Gasteiger partial charge < -0.3 is 10.1 Å².